The lowest BCUT2D eigenvalue weighted by atomic mass is 10.1. The molecular formula is C19H15ClN2OS2. The van der Waals surface area contributed by atoms with Crippen LogP contribution in [0.25, 0.3) is 20.3 Å². The fourth-order valence-electron chi connectivity index (χ4n) is 3.08. The Bertz CT molecular complexity index is 1210. The Kier molecular flexibility index (Phi) is 4.02. The Balaban J connectivity index is 1.89. The third-order valence-electron chi connectivity index (χ3n) is 4.16. The lowest BCUT2D eigenvalue weighted by molar-refractivity contribution is 0.100. The topological polar surface area (TPSA) is 34.4 Å². The molecule has 0 unspecified atom stereocenters. The van der Waals surface area contributed by atoms with Gasteiger partial charge in [-0.15, -0.1) is 11.3 Å². The normalized spacial score (nSPS) is 12.4. The summed E-state index contributed by atoms with van der Waals surface area (Å²) in [5.74, 6) is -0.289. The Morgan fingerprint density at radius 2 is 1.88 bits per heavy atom. The van der Waals surface area contributed by atoms with Gasteiger partial charge in [0.05, 0.1) is 15.2 Å². The molecule has 6 heteroatoms. The van der Waals surface area contributed by atoms with E-state index in [1.165, 1.54) is 33.8 Å². The molecule has 2 aromatic heterocycles. The van der Waals surface area contributed by atoms with Crippen molar-refractivity contribution < 1.29 is 4.79 Å². The molecule has 2 heterocycles. The molecule has 0 saturated heterocycles. The van der Waals surface area contributed by atoms with Gasteiger partial charge < -0.3 is 4.57 Å². The smallest absolute Gasteiger partial charge is 0.291 e. The summed E-state index contributed by atoms with van der Waals surface area (Å²) in [6, 6.07) is 12.0. The molecule has 0 bridgehead atoms. The number of hydrogen-bond donors (Lipinski definition) is 0. The molecule has 25 heavy (non-hydrogen) atoms. The van der Waals surface area contributed by atoms with Crippen molar-refractivity contribution >= 4 is 60.5 Å². The molecule has 0 saturated carbocycles. The van der Waals surface area contributed by atoms with E-state index in [1.807, 2.05) is 35.9 Å². The van der Waals surface area contributed by atoms with Gasteiger partial charge in [-0.25, -0.2) is 0 Å². The van der Waals surface area contributed by atoms with Crippen LogP contribution in [0.5, 0.6) is 0 Å². The number of amides is 1. The number of halogens is 1. The second kappa shape index (κ2) is 6.09. The van der Waals surface area contributed by atoms with Crippen molar-refractivity contribution in [3.8, 4) is 0 Å². The molecule has 0 aliphatic rings. The minimum atomic E-state index is -0.289. The van der Waals surface area contributed by atoms with E-state index < -0.39 is 0 Å². The van der Waals surface area contributed by atoms with Crippen LogP contribution in [0.3, 0.4) is 0 Å². The number of fused-ring (bicyclic) bond motifs is 2. The number of nitrogens with zero attached hydrogens (tertiary/aromatic N) is 2. The summed E-state index contributed by atoms with van der Waals surface area (Å²) in [5.41, 5.74) is 3.50. The number of carbonyl (C=O) groups is 1. The van der Waals surface area contributed by atoms with Crippen LogP contribution >= 0.6 is 34.3 Å². The zero-order valence-electron chi connectivity index (χ0n) is 14.0. The number of aromatic nitrogens is 1. The highest BCUT2D eigenvalue weighted by Crippen LogP contribution is 2.35. The molecule has 0 atom stereocenters. The van der Waals surface area contributed by atoms with Crippen LogP contribution in [0.2, 0.25) is 5.02 Å². The van der Waals surface area contributed by atoms with Gasteiger partial charge in [0, 0.05) is 17.1 Å². The van der Waals surface area contributed by atoms with Crippen molar-refractivity contribution in [1.29, 1.82) is 0 Å². The summed E-state index contributed by atoms with van der Waals surface area (Å²) < 4.78 is 4.11. The van der Waals surface area contributed by atoms with Crippen molar-refractivity contribution in [2.24, 2.45) is 12.0 Å². The molecule has 126 valence electrons. The highest BCUT2D eigenvalue weighted by Gasteiger charge is 2.17. The SMILES string of the molecule is Cc1cc(C)c2c(c1)sc(=NC(=O)c1sc3ccccc3c1Cl)n2C. The van der Waals surface area contributed by atoms with Gasteiger partial charge in [-0.3, -0.25) is 4.79 Å². The number of carbonyl (C=O) groups excluding carboxylic acids is 1. The van der Waals surface area contributed by atoms with Crippen LogP contribution in [0.15, 0.2) is 41.4 Å². The Hall–Kier alpha value is -1.95. The second-order valence-electron chi connectivity index (χ2n) is 6.03. The van der Waals surface area contributed by atoms with Gasteiger partial charge in [-0.2, -0.15) is 4.99 Å². The molecule has 0 radical (unpaired) electrons. The first kappa shape index (κ1) is 16.5. The highest BCUT2D eigenvalue weighted by molar-refractivity contribution is 7.21. The monoisotopic (exact) mass is 386 g/mol. The molecule has 4 rings (SSSR count). The fraction of sp³-hybridized carbons (Fsp3) is 0.158. The van der Waals surface area contributed by atoms with Crippen molar-refractivity contribution in [1.82, 2.24) is 4.57 Å². The molecule has 0 aliphatic heterocycles. The molecule has 3 nitrogen and oxygen atoms in total. The average molecular weight is 387 g/mol. The molecule has 2 aromatic carbocycles. The van der Waals surface area contributed by atoms with E-state index in [0.29, 0.717) is 14.7 Å². The summed E-state index contributed by atoms with van der Waals surface area (Å²) >= 11 is 9.32. The maximum absolute atomic E-state index is 12.7. The summed E-state index contributed by atoms with van der Waals surface area (Å²) in [6.07, 6.45) is 0. The predicted molar refractivity (Wildman–Crippen MR) is 107 cm³/mol. The first-order valence-electron chi connectivity index (χ1n) is 7.78. The van der Waals surface area contributed by atoms with Crippen LogP contribution in [-0.4, -0.2) is 10.5 Å². The molecule has 0 aliphatic carbocycles. The lowest BCUT2D eigenvalue weighted by Gasteiger charge is -2.01. The molecule has 1 amide bonds. The van der Waals surface area contributed by atoms with E-state index in [9.17, 15) is 4.79 Å². The summed E-state index contributed by atoms with van der Waals surface area (Å²) in [7, 11) is 1.94. The second-order valence-corrected chi connectivity index (χ2v) is 8.47. The van der Waals surface area contributed by atoms with Gasteiger partial charge in [0.25, 0.3) is 5.91 Å². The lowest BCUT2D eigenvalue weighted by Crippen LogP contribution is -2.13. The van der Waals surface area contributed by atoms with Crippen molar-refractivity contribution in [3.63, 3.8) is 0 Å². The van der Waals surface area contributed by atoms with Crippen LogP contribution in [0, 0.1) is 13.8 Å². The maximum atomic E-state index is 12.7. The van der Waals surface area contributed by atoms with Crippen LogP contribution in [0.4, 0.5) is 0 Å². The van der Waals surface area contributed by atoms with E-state index in [2.05, 4.69) is 31.0 Å². The van der Waals surface area contributed by atoms with Crippen molar-refractivity contribution in [2.45, 2.75) is 13.8 Å². The molecule has 4 aromatic rings. The maximum Gasteiger partial charge on any atom is 0.291 e. The first-order valence-corrected chi connectivity index (χ1v) is 9.79. The summed E-state index contributed by atoms with van der Waals surface area (Å²) in [4.78, 5) is 18.3. The number of thiophene rings is 1. The van der Waals surface area contributed by atoms with E-state index in [4.69, 9.17) is 11.6 Å². The third-order valence-corrected chi connectivity index (χ3v) is 6.90. The quantitative estimate of drug-likeness (QED) is 0.427. The number of rotatable bonds is 1. The number of aryl methyl sites for hydroxylation is 3. The van der Waals surface area contributed by atoms with Gasteiger partial charge in [0.15, 0.2) is 4.80 Å². The number of benzene rings is 2. The Labute approximate surface area is 157 Å². The molecule has 0 spiro atoms. The molecule has 0 fully saturated rings. The highest BCUT2D eigenvalue weighted by atomic mass is 35.5. The Morgan fingerprint density at radius 1 is 1.12 bits per heavy atom. The van der Waals surface area contributed by atoms with Crippen LogP contribution < -0.4 is 4.80 Å². The fourth-order valence-corrected chi connectivity index (χ4v) is 5.67. The van der Waals surface area contributed by atoms with Gasteiger partial charge in [-0.1, -0.05) is 47.2 Å². The van der Waals surface area contributed by atoms with Gasteiger partial charge >= 0.3 is 0 Å². The van der Waals surface area contributed by atoms with Gasteiger partial charge in [0.1, 0.15) is 4.88 Å². The van der Waals surface area contributed by atoms with Crippen molar-refractivity contribution in [2.75, 3.05) is 0 Å². The van der Waals surface area contributed by atoms with E-state index >= 15 is 0 Å². The van der Waals surface area contributed by atoms with Gasteiger partial charge in [-0.05, 0) is 37.1 Å². The first-order chi connectivity index (χ1) is 12.0. The number of thiazole rings is 1. The minimum absolute atomic E-state index is 0.289. The number of hydrogen-bond acceptors (Lipinski definition) is 3. The molecule has 0 N–H and O–H groups in total. The van der Waals surface area contributed by atoms with Gasteiger partial charge in [0.2, 0.25) is 0 Å². The van der Waals surface area contributed by atoms with E-state index in [-0.39, 0.29) is 5.91 Å². The largest absolute Gasteiger partial charge is 0.319 e. The van der Waals surface area contributed by atoms with E-state index in [1.54, 1.807) is 0 Å². The predicted octanol–water partition coefficient (Wildman–Crippen LogP) is 5.47. The average Bonchev–Trinajstić information content (AvgIpc) is 3.06. The standard InChI is InChI=1S/C19H15ClN2OS2/c1-10-8-11(2)16-14(9-10)25-19(22(16)3)21-18(23)17-15(20)12-6-4-5-7-13(12)24-17/h4-9H,1-3H3. The van der Waals surface area contributed by atoms with Crippen LogP contribution in [-0.2, 0) is 7.05 Å². The Morgan fingerprint density at radius 3 is 2.64 bits per heavy atom. The van der Waals surface area contributed by atoms with Crippen molar-refractivity contribution in [3.05, 3.63) is 62.2 Å². The third kappa shape index (κ3) is 2.72. The summed E-state index contributed by atoms with van der Waals surface area (Å²) in [6.45, 7) is 4.15. The van der Waals surface area contributed by atoms with E-state index in [0.717, 1.165) is 20.3 Å². The zero-order valence-corrected chi connectivity index (χ0v) is 16.4. The zero-order chi connectivity index (χ0) is 17.7. The summed E-state index contributed by atoms with van der Waals surface area (Å²) in [5, 5.41) is 1.39. The molecular weight excluding hydrogens is 372 g/mol. The minimum Gasteiger partial charge on any atom is -0.319 e. The van der Waals surface area contributed by atoms with Crippen LogP contribution in [0.1, 0.15) is 20.8 Å².